The van der Waals surface area contributed by atoms with Gasteiger partial charge in [0.25, 0.3) is 0 Å². The highest BCUT2D eigenvalue weighted by Gasteiger charge is 2.33. The fraction of sp³-hybridized carbons (Fsp3) is 0.500. The first-order valence-electron chi connectivity index (χ1n) is 7.92. The van der Waals surface area contributed by atoms with Crippen LogP contribution < -0.4 is 9.26 Å². The van der Waals surface area contributed by atoms with Crippen molar-refractivity contribution in [1.82, 2.24) is 4.67 Å². The maximum absolute atomic E-state index is 13.2. The van der Waals surface area contributed by atoms with Crippen LogP contribution in [0.2, 0.25) is 0 Å². The van der Waals surface area contributed by atoms with E-state index < -0.39 is 7.75 Å². The number of halogens is 2. The zero-order chi connectivity index (χ0) is 18.0. The van der Waals surface area contributed by atoms with E-state index in [1.54, 1.807) is 31.2 Å². The van der Waals surface area contributed by atoms with Gasteiger partial charge in [0.2, 0.25) is 0 Å². The lowest BCUT2D eigenvalue weighted by atomic mass is 10.3. The number of ether oxygens (including phenoxy) is 1. The second-order valence-corrected chi connectivity index (χ2v) is 7.72. The second kappa shape index (κ2) is 10.9. The molecule has 1 atom stereocenters. The first-order chi connectivity index (χ1) is 11.4. The van der Waals surface area contributed by atoms with Gasteiger partial charge >= 0.3 is 7.75 Å². The Labute approximate surface area is 154 Å². The lowest BCUT2D eigenvalue weighted by molar-refractivity contribution is 0.235. The van der Waals surface area contributed by atoms with Gasteiger partial charge in [-0.1, -0.05) is 36.5 Å². The Morgan fingerprint density at radius 2 is 1.75 bits per heavy atom. The summed E-state index contributed by atoms with van der Waals surface area (Å²) >= 11 is 11.5. The average Bonchev–Trinajstić information content (AvgIpc) is 2.53. The van der Waals surface area contributed by atoms with E-state index in [1.807, 2.05) is 13.8 Å². The van der Waals surface area contributed by atoms with E-state index in [0.717, 1.165) is 12.8 Å². The second-order valence-electron chi connectivity index (χ2n) is 4.82. The molecule has 0 aliphatic carbocycles. The third-order valence-electron chi connectivity index (χ3n) is 2.95. The van der Waals surface area contributed by atoms with E-state index in [-0.39, 0.29) is 11.1 Å². The van der Waals surface area contributed by atoms with Gasteiger partial charge in [0.1, 0.15) is 16.0 Å². The number of rotatable bonds is 11. The maximum Gasteiger partial charge on any atom is 0.488 e. The van der Waals surface area contributed by atoms with Gasteiger partial charge in [-0.3, -0.25) is 9.19 Å². The minimum absolute atomic E-state index is 0.0127. The Morgan fingerprint density at radius 1 is 1.12 bits per heavy atom. The smallest absolute Gasteiger partial charge is 0.488 e. The maximum atomic E-state index is 13.2. The summed E-state index contributed by atoms with van der Waals surface area (Å²) in [4.78, 5) is 0. The molecule has 0 aliphatic rings. The molecular formula is C16H24Cl2NO4P. The summed E-state index contributed by atoms with van der Waals surface area (Å²) < 4.78 is 31.1. The monoisotopic (exact) mass is 395 g/mol. The highest BCUT2D eigenvalue weighted by Crippen LogP contribution is 2.52. The molecule has 0 amide bonds. The standard InChI is InChI=1S/C16H24Cl2NO4P/c1-4-7-12-19(13-16(17)18)24(20,22-6-3)23-15-10-8-14(9-11-15)21-5-2/h8-11,13H,4-7,12H2,1-3H3. The van der Waals surface area contributed by atoms with Gasteiger partial charge in [-0.15, -0.1) is 0 Å². The Kier molecular flexibility index (Phi) is 9.60. The molecule has 0 bridgehead atoms. The van der Waals surface area contributed by atoms with E-state index in [2.05, 4.69) is 0 Å². The molecule has 0 saturated carbocycles. The molecule has 1 rings (SSSR count). The van der Waals surface area contributed by atoms with Gasteiger partial charge in [0, 0.05) is 12.7 Å². The largest absolute Gasteiger partial charge is 0.494 e. The van der Waals surface area contributed by atoms with E-state index in [1.165, 1.54) is 10.9 Å². The molecule has 1 aromatic rings. The van der Waals surface area contributed by atoms with Crippen molar-refractivity contribution in [2.75, 3.05) is 19.8 Å². The van der Waals surface area contributed by atoms with Crippen LogP contribution >= 0.6 is 30.9 Å². The van der Waals surface area contributed by atoms with Crippen LogP contribution in [0.15, 0.2) is 35.0 Å². The van der Waals surface area contributed by atoms with E-state index in [0.29, 0.717) is 24.7 Å². The summed E-state index contributed by atoms with van der Waals surface area (Å²) in [6.45, 7) is 6.93. The molecule has 0 radical (unpaired) electrons. The number of hydrogen-bond acceptors (Lipinski definition) is 4. The number of benzene rings is 1. The van der Waals surface area contributed by atoms with Crippen LogP contribution in [0, 0.1) is 0 Å². The third kappa shape index (κ3) is 6.94. The average molecular weight is 396 g/mol. The molecule has 0 aromatic heterocycles. The normalized spacial score (nSPS) is 13.0. The number of unbranched alkanes of at least 4 members (excludes halogenated alkanes) is 1. The van der Waals surface area contributed by atoms with Crippen molar-refractivity contribution in [3.8, 4) is 11.5 Å². The lowest BCUT2D eigenvalue weighted by Crippen LogP contribution is -2.21. The summed E-state index contributed by atoms with van der Waals surface area (Å²) in [7, 11) is -3.62. The van der Waals surface area contributed by atoms with E-state index in [4.69, 9.17) is 37.0 Å². The molecule has 0 aliphatic heterocycles. The highest BCUT2D eigenvalue weighted by molar-refractivity contribution is 7.51. The molecule has 0 fully saturated rings. The van der Waals surface area contributed by atoms with Crippen molar-refractivity contribution in [3.63, 3.8) is 0 Å². The van der Waals surface area contributed by atoms with Crippen LogP contribution in [-0.4, -0.2) is 24.4 Å². The molecule has 0 saturated heterocycles. The SMILES string of the molecule is CCCCN(C=C(Cl)Cl)P(=O)(OCC)Oc1ccc(OCC)cc1. The molecule has 136 valence electrons. The van der Waals surface area contributed by atoms with Gasteiger partial charge < -0.3 is 9.26 Å². The van der Waals surface area contributed by atoms with Crippen LogP contribution in [0.25, 0.3) is 0 Å². The first-order valence-corrected chi connectivity index (χ1v) is 10.2. The summed E-state index contributed by atoms with van der Waals surface area (Å²) in [5.74, 6) is 1.12. The minimum Gasteiger partial charge on any atom is -0.494 e. The summed E-state index contributed by atoms with van der Waals surface area (Å²) in [5, 5.41) is 0. The molecular weight excluding hydrogens is 372 g/mol. The molecule has 0 spiro atoms. The highest BCUT2D eigenvalue weighted by atomic mass is 35.5. The summed E-state index contributed by atoms with van der Waals surface area (Å²) in [6.07, 6.45) is 3.09. The summed E-state index contributed by atoms with van der Waals surface area (Å²) in [5.41, 5.74) is 0. The van der Waals surface area contributed by atoms with Crippen molar-refractivity contribution >= 4 is 30.9 Å². The predicted octanol–water partition coefficient (Wildman–Crippen LogP) is 5.99. The van der Waals surface area contributed by atoms with Crippen molar-refractivity contribution in [3.05, 3.63) is 35.0 Å². The van der Waals surface area contributed by atoms with Crippen molar-refractivity contribution in [2.24, 2.45) is 0 Å². The predicted molar refractivity (Wildman–Crippen MR) is 98.9 cm³/mol. The molecule has 24 heavy (non-hydrogen) atoms. The van der Waals surface area contributed by atoms with Gasteiger partial charge in [0.05, 0.1) is 13.2 Å². The van der Waals surface area contributed by atoms with E-state index >= 15 is 0 Å². The van der Waals surface area contributed by atoms with Gasteiger partial charge in [0.15, 0.2) is 0 Å². The number of hydrogen-bond donors (Lipinski definition) is 0. The molecule has 0 N–H and O–H groups in total. The molecule has 0 heterocycles. The molecule has 1 aromatic carbocycles. The number of nitrogens with zero attached hydrogens (tertiary/aromatic N) is 1. The molecule has 1 unspecified atom stereocenters. The van der Waals surface area contributed by atoms with Gasteiger partial charge in [-0.25, -0.2) is 4.57 Å². The fourth-order valence-corrected chi connectivity index (χ4v) is 3.94. The zero-order valence-corrected chi connectivity index (χ0v) is 16.6. The van der Waals surface area contributed by atoms with Crippen LogP contribution in [0.1, 0.15) is 33.6 Å². The Balaban J connectivity index is 3.02. The Morgan fingerprint density at radius 3 is 2.25 bits per heavy atom. The van der Waals surface area contributed by atoms with Gasteiger partial charge in [-0.2, -0.15) is 0 Å². The quantitative estimate of drug-likeness (QED) is 0.430. The van der Waals surface area contributed by atoms with Gasteiger partial charge in [-0.05, 0) is 44.5 Å². The van der Waals surface area contributed by atoms with Crippen LogP contribution in [0.4, 0.5) is 0 Å². The summed E-state index contributed by atoms with van der Waals surface area (Å²) in [6, 6.07) is 6.85. The molecule has 5 nitrogen and oxygen atoms in total. The topological polar surface area (TPSA) is 48.0 Å². The van der Waals surface area contributed by atoms with Crippen molar-refractivity contribution in [2.45, 2.75) is 33.6 Å². The fourth-order valence-electron chi connectivity index (χ4n) is 1.90. The first kappa shape index (κ1) is 21.2. The third-order valence-corrected chi connectivity index (χ3v) is 5.12. The van der Waals surface area contributed by atoms with Crippen molar-refractivity contribution in [1.29, 1.82) is 0 Å². The van der Waals surface area contributed by atoms with Crippen LogP contribution in [0.3, 0.4) is 0 Å². The zero-order valence-electron chi connectivity index (χ0n) is 14.2. The Bertz CT molecular complexity index is 562. The van der Waals surface area contributed by atoms with Crippen LogP contribution in [-0.2, 0) is 9.09 Å². The van der Waals surface area contributed by atoms with Crippen LogP contribution in [0.5, 0.6) is 11.5 Å². The Hall–Kier alpha value is -0.870. The van der Waals surface area contributed by atoms with Crippen molar-refractivity contribution < 1.29 is 18.3 Å². The lowest BCUT2D eigenvalue weighted by Gasteiger charge is -2.28. The molecule has 8 heteroatoms. The van der Waals surface area contributed by atoms with E-state index in [9.17, 15) is 4.57 Å². The minimum atomic E-state index is -3.62.